The van der Waals surface area contributed by atoms with Crippen LogP contribution in [0.5, 0.6) is 0 Å². The molecule has 102 valence electrons. The van der Waals surface area contributed by atoms with Crippen LogP contribution in [0, 0.1) is 5.41 Å². The monoisotopic (exact) mass is 295 g/mol. The van der Waals surface area contributed by atoms with Gasteiger partial charge in [0.15, 0.2) is 0 Å². The fraction of sp³-hybridized carbons (Fsp3) is 0.533. The summed E-state index contributed by atoms with van der Waals surface area (Å²) >= 11 is 7.60. The number of alkyl halides is 1. The van der Waals surface area contributed by atoms with Crippen molar-refractivity contribution in [3.63, 3.8) is 0 Å². The number of fused-ring (bicyclic) bond motifs is 1. The van der Waals surface area contributed by atoms with Crippen molar-refractivity contribution in [1.29, 1.82) is 0 Å². The summed E-state index contributed by atoms with van der Waals surface area (Å²) in [7, 11) is 0. The van der Waals surface area contributed by atoms with Gasteiger partial charge in [-0.3, -0.25) is 4.79 Å². The van der Waals surface area contributed by atoms with Crippen molar-refractivity contribution in [2.75, 3.05) is 18.2 Å². The number of rotatable bonds is 5. The Morgan fingerprint density at radius 1 is 1.42 bits per heavy atom. The van der Waals surface area contributed by atoms with Gasteiger partial charge in [0, 0.05) is 23.1 Å². The van der Waals surface area contributed by atoms with Crippen LogP contribution in [0.25, 0.3) is 0 Å². The number of benzene rings is 1. The molecule has 1 amide bonds. The van der Waals surface area contributed by atoms with Gasteiger partial charge in [-0.1, -0.05) is 18.2 Å². The Bertz CT molecular complexity index is 487. The Kier molecular flexibility index (Phi) is 3.77. The standard InChI is InChI=1S/C15H18ClNOS/c16-8-7-15(5-6-15)10-17-14(18)12-9-19-13-4-2-1-3-11(12)13/h1-4,12H,5-10H2,(H,17,18). The minimum atomic E-state index is 0.0213. The highest BCUT2D eigenvalue weighted by Gasteiger charge is 2.42. The molecule has 0 aromatic heterocycles. The Hall–Kier alpha value is -0.670. The summed E-state index contributed by atoms with van der Waals surface area (Å²) < 4.78 is 0. The highest BCUT2D eigenvalue weighted by atomic mass is 35.5. The predicted octanol–water partition coefficient (Wildman–Crippen LogP) is 3.40. The molecule has 1 aromatic carbocycles. The van der Waals surface area contributed by atoms with Crippen LogP contribution in [0.2, 0.25) is 0 Å². The largest absolute Gasteiger partial charge is 0.355 e. The van der Waals surface area contributed by atoms with E-state index in [2.05, 4.69) is 17.4 Å². The summed E-state index contributed by atoms with van der Waals surface area (Å²) in [5.74, 6) is 1.76. The van der Waals surface area contributed by atoms with Crippen molar-refractivity contribution in [2.24, 2.45) is 5.41 Å². The van der Waals surface area contributed by atoms with Crippen molar-refractivity contribution in [1.82, 2.24) is 5.32 Å². The maximum atomic E-state index is 12.3. The molecule has 1 aliphatic heterocycles. The molecule has 1 saturated carbocycles. The number of nitrogens with one attached hydrogen (secondary N) is 1. The van der Waals surface area contributed by atoms with Crippen molar-refractivity contribution in [3.05, 3.63) is 29.8 Å². The first kappa shape index (κ1) is 13.3. The number of carbonyl (C=O) groups is 1. The molecule has 2 aliphatic rings. The minimum absolute atomic E-state index is 0.0213. The molecule has 2 nitrogen and oxygen atoms in total. The van der Waals surface area contributed by atoms with E-state index in [-0.39, 0.29) is 11.8 Å². The van der Waals surface area contributed by atoms with Gasteiger partial charge in [0.2, 0.25) is 5.91 Å². The van der Waals surface area contributed by atoms with Gasteiger partial charge in [-0.15, -0.1) is 23.4 Å². The lowest BCUT2D eigenvalue weighted by atomic mass is 9.99. The normalized spacial score (nSPS) is 22.9. The van der Waals surface area contributed by atoms with Gasteiger partial charge in [-0.25, -0.2) is 0 Å². The molecule has 0 radical (unpaired) electrons. The fourth-order valence-corrected chi connectivity index (χ4v) is 4.30. The van der Waals surface area contributed by atoms with Gasteiger partial charge in [-0.05, 0) is 36.3 Å². The van der Waals surface area contributed by atoms with Crippen molar-refractivity contribution in [3.8, 4) is 0 Å². The van der Waals surface area contributed by atoms with E-state index >= 15 is 0 Å². The second kappa shape index (κ2) is 5.37. The van der Waals surface area contributed by atoms with Crippen LogP contribution in [0.3, 0.4) is 0 Å². The maximum absolute atomic E-state index is 12.3. The van der Waals surface area contributed by atoms with Crippen LogP contribution in [0.1, 0.15) is 30.7 Å². The fourth-order valence-electron chi connectivity index (χ4n) is 2.67. The molecular weight excluding hydrogens is 278 g/mol. The average molecular weight is 296 g/mol. The smallest absolute Gasteiger partial charge is 0.228 e. The zero-order valence-corrected chi connectivity index (χ0v) is 12.4. The Morgan fingerprint density at radius 2 is 2.21 bits per heavy atom. The molecule has 19 heavy (non-hydrogen) atoms. The first-order valence-electron chi connectivity index (χ1n) is 6.79. The van der Waals surface area contributed by atoms with E-state index in [0.717, 1.165) is 18.7 Å². The van der Waals surface area contributed by atoms with Gasteiger partial charge >= 0.3 is 0 Å². The van der Waals surface area contributed by atoms with Gasteiger partial charge in [0.25, 0.3) is 0 Å². The Morgan fingerprint density at radius 3 is 2.95 bits per heavy atom. The van der Waals surface area contributed by atoms with Crippen LogP contribution in [-0.4, -0.2) is 24.1 Å². The van der Waals surface area contributed by atoms with E-state index in [4.69, 9.17) is 11.6 Å². The summed E-state index contributed by atoms with van der Waals surface area (Å²) in [5.41, 5.74) is 1.50. The highest BCUT2D eigenvalue weighted by molar-refractivity contribution is 7.99. The third-order valence-electron chi connectivity index (χ3n) is 4.24. The van der Waals surface area contributed by atoms with E-state index in [9.17, 15) is 4.79 Å². The van der Waals surface area contributed by atoms with Gasteiger partial charge in [0.1, 0.15) is 0 Å². The zero-order valence-electron chi connectivity index (χ0n) is 10.8. The number of hydrogen-bond acceptors (Lipinski definition) is 2. The third kappa shape index (κ3) is 2.77. The van der Waals surface area contributed by atoms with Crippen molar-refractivity contribution >= 4 is 29.3 Å². The number of halogens is 1. The lowest BCUT2D eigenvalue weighted by molar-refractivity contribution is -0.122. The van der Waals surface area contributed by atoms with Crippen LogP contribution >= 0.6 is 23.4 Å². The van der Waals surface area contributed by atoms with E-state index < -0.39 is 0 Å². The summed E-state index contributed by atoms with van der Waals surface area (Å²) in [5, 5.41) is 3.14. The molecular formula is C15H18ClNOS. The molecule has 1 aliphatic carbocycles. The number of amides is 1. The molecule has 1 atom stereocenters. The van der Waals surface area contributed by atoms with Crippen molar-refractivity contribution < 1.29 is 4.79 Å². The Labute approximate surface area is 123 Å². The first-order chi connectivity index (χ1) is 9.24. The minimum Gasteiger partial charge on any atom is -0.355 e. The summed E-state index contributed by atoms with van der Waals surface area (Å²) in [6.07, 6.45) is 3.43. The highest BCUT2D eigenvalue weighted by Crippen LogP contribution is 2.48. The molecule has 1 unspecified atom stereocenters. The molecule has 1 fully saturated rings. The van der Waals surface area contributed by atoms with E-state index in [0.29, 0.717) is 11.3 Å². The molecule has 0 saturated heterocycles. The van der Waals surface area contributed by atoms with Crippen LogP contribution in [-0.2, 0) is 4.79 Å². The number of carbonyl (C=O) groups excluding carboxylic acids is 1. The van der Waals surface area contributed by atoms with E-state index in [1.807, 2.05) is 12.1 Å². The second-order valence-electron chi connectivity index (χ2n) is 5.56. The van der Waals surface area contributed by atoms with E-state index in [1.165, 1.54) is 23.3 Å². The van der Waals surface area contributed by atoms with Gasteiger partial charge in [-0.2, -0.15) is 0 Å². The Balaban J connectivity index is 1.60. The molecule has 1 heterocycles. The molecule has 3 rings (SSSR count). The van der Waals surface area contributed by atoms with Crippen LogP contribution < -0.4 is 5.32 Å². The van der Waals surface area contributed by atoms with Crippen LogP contribution in [0.4, 0.5) is 0 Å². The van der Waals surface area contributed by atoms with E-state index in [1.54, 1.807) is 11.8 Å². The topological polar surface area (TPSA) is 29.1 Å². The maximum Gasteiger partial charge on any atom is 0.228 e. The molecule has 1 aromatic rings. The molecule has 0 spiro atoms. The first-order valence-corrected chi connectivity index (χ1v) is 8.32. The number of thioether (sulfide) groups is 1. The lowest BCUT2D eigenvalue weighted by Crippen LogP contribution is -2.34. The molecule has 1 N–H and O–H groups in total. The predicted molar refractivity (Wildman–Crippen MR) is 79.9 cm³/mol. The molecule has 0 bridgehead atoms. The molecule has 4 heteroatoms. The summed E-state index contributed by atoms with van der Waals surface area (Å²) in [6.45, 7) is 0.794. The van der Waals surface area contributed by atoms with Crippen molar-refractivity contribution in [2.45, 2.75) is 30.1 Å². The lowest BCUT2D eigenvalue weighted by Gasteiger charge is -2.17. The van der Waals surface area contributed by atoms with Gasteiger partial charge in [0.05, 0.1) is 5.92 Å². The van der Waals surface area contributed by atoms with Gasteiger partial charge < -0.3 is 5.32 Å². The van der Waals surface area contributed by atoms with Crippen LogP contribution in [0.15, 0.2) is 29.2 Å². The zero-order chi connectivity index (χ0) is 13.3. The average Bonchev–Trinajstić information content (AvgIpc) is 3.05. The second-order valence-corrected chi connectivity index (χ2v) is 7.00. The number of hydrogen-bond donors (Lipinski definition) is 1. The quantitative estimate of drug-likeness (QED) is 0.844. The summed E-state index contributed by atoms with van der Waals surface area (Å²) in [4.78, 5) is 13.6. The summed E-state index contributed by atoms with van der Waals surface area (Å²) in [6, 6.07) is 8.22. The third-order valence-corrected chi connectivity index (χ3v) is 5.61. The SMILES string of the molecule is O=C(NCC1(CCCl)CC1)C1CSc2ccccc21.